The number of hydrogen-bond donors (Lipinski definition) is 0. The Kier molecular flexibility index (Phi) is 4.12. The minimum atomic E-state index is -0.902. The van der Waals surface area contributed by atoms with E-state index in [1.807, 2.05) is 13.0 Å². The number of halogens is 2. The molecule has 1 aromatic rings. The van der Waals surface area contributed by atoms with E-state index in [-0.39, 0.29) is 5.56 Å². The van der Waals surface area contributed by atoms with Crippen molar-refractivity contribution in [2.75, 3.05) is 0 Å². The highest BCUT2D eigenvalue weighted by Crippen LogP contribution is 2.17. The van der Waals surface area contributed by atoms with Gasteiger partial charge in [-0.3, -0.25) is 4.79 Å². The van der Waals surface area contributed by atoms with Crippen LogP contribution >= 0.6 is 0 Å². The summed E-state index contributed by atoms with van der Waals surface area (Å²) in [5.74, 6) is -3.02. The van der Waals surface area contributed by atoms with Crippen LogP contribution < -0.4 is 0 Å². The SMILES string of the molecule is CCCC(C#N)C(=O)c1cc(F)ccc1F. The van der Waals surface area contributed by atoms with Gasteiger partial charge in [-0.15, -0.1) is 0 Å². The molecule has 0 aliphatic carbocycles. The number of nitriles is 1. The average molecular weight is 223 g/mol. The van der Waals surface area contributed by atoms with Gasteiger partial charge in [0.1, 0.15) is 17.6 Å². The third-order valence-electron chi connectivity index (χ3n) is 2.24. The molecule has 1 atom stereocenters. The van der Waals surface area contributed by atoms with E-state index < -0.39 is 23.3 Å². The number of nitrogens with zero attached hydrogens (tertiary/aromatic N) is 1. The van der Waals surface area contributed by atoms with Gasteiger partial charge in [0.2, 0.25) is 0 Å². The zero-order valence-corrected chi connectivity index (χ0v) is 8.84. The smallest absolute Gasteiger partial charge is 0.183 e. The minimum Gasteiger partial charge on any atom is -0.293 e. The molecule has 1 unspecified atom stereocenters. The zero-order chi connectivity index (χ0) is 12.1. The van der Waals surface area contributed by atoms with E-state index in [2.05, 4.69) is 0 Å². The summed E-state index contributed by atoms with van der Waals surface area (Å²) < 4.78 is 26.1. The second-order valence-corrected chi connectivity index (χ2v) is 3.46. The lowest BCUT2D eigenvalue weighted by molar-refractivity contribution is 0.0939. The molecular formula is C12H11F2NO. The molecule has 1 rings (SSSR count). The van der Waals surface area contributed by atoms with E-state index in [9.17, 15) is 13.6 Å². The maximum Gasteiger partial charge on any atom is 0.183 e. The van der Waals surface area contributed by atoms with E-state index in [0.29, 0.717) is 12.8 Å². The summed E-state index contributed by atoms with van der Waals surface area (Å²) in [5, 5.41) is 8.76. The van der Waals surface area contributed by atoms with Crippen molar-refractivity contribution in [3.63, 3.8) is 0 Å². The third kappa shape index (κ3) is 2.63. The van der Waals surface area contributed by atoms with E-state index in [1.165, 1.54) is 0 Å². The topological polar surface area (TPSA) is 40.9 Å². The van der Waals surface area contributed by atoms with Gasteiger partial charge in [0.05, 0.1) is 11.6 Å². The Morgan fingerprint density at radius 1 is 1.50 bits per heavy atom. The van der Waals surface area contributed by atoms with Gasteiger partial charge in [0.25, 0.3) is 0 Å². The van der Waals surface area contributed by atoms with E-state index in [1.54, 1.807) is 0 Å². The van der Waals surface area contributed by atoms with Crippen molar-refractivity contribution >= 4 is 5.78 Å². The van der Waals surface area contributed by atoms with Gasteiger partial charge in [-0.2, -0.15) is 5.26 Å². The standard InChI is InChI=1S/C12H11F2NO/c1-2-3-8(7-15)12(16)10-6-9(13)4-5-11(10)14/h4-6,8H,2-3H2,1H3. The summed E-state index contributed by atoms with van der Waals surface area (Å²) in [5.41, 5.74) is -0.347. The first-order chi connectivity index (χ1) is 7.60. The third-order valence-corrected chi connectivity index (χ3v) is 2.24. The molecule has 0 aliphatic rings. The number of Topliss-reactive ketones (excluding diaryl/α,β-unsaturated/α-hetero) is 1. The van der Waals surface area contributed by atoms with Crippen molar-refractivity contribution in [2.24, 2.45) is 5.92 Å². The second kappa shape index (κ2) is 5.36. The molecule has 84 valence electrons. The van der Waals surface area contributed by atoms with Crippen LogP contribution in [0.2, 0.25) is 0 Å². The fraction of sp³-hybridized carbons (Fsp3) is 0.333. The molecular weight excluding hydrogens is 212 g/mol. The van der Waals surface area contributed by atoms with Crippen molar-refractivity contribution in [3.05, 3.63) is 35.4 Å². The molecule has 0 heterocycles. The summed E-state index contributed by atoms with van der Waals surface area (Å²) in [7, 11) is 0. The quantitative estimate of drug-likeness (QED) is 0.736. The summed E-state index contributed by atoms with van der Waals surface area (Å²) in [6.07, 6.45) is 0.992. The molecule has 0 saturated heterocycles. The molecule has 0 bridgehead atoms. The predicted octanol–water partition coefficient (Wildman–Crippen LogP) is 3.09. The first-order valence-corrected chi connectivity index (χ1v) is 4.99. The molecule has 0 aromatic heterocycles. The van der Waals surface area contributed by atoms with Gasteiger partial charge in [-0.1, -0.05) is 13.3 Å². The minimum absolute atomic E-state index is 0.347. The van der Waals surface area contributed by atoms with Crippen LogP contribution in [-0.2, 0) is 0 Å². The van der Waals surface area contributed by atoms with Crippen LogP contribution in [0.5, 0.6) is 0 Å². The van der Waals surface area contributed by atoms with E-state index in [0.717, 1.165) is 18.2 Å². The first-order valence-electron chi connectivity index (χ1n) is 4.99. The normalized spacial score (nSPS) is 11.9. The van der Waals surface area contributed by atoms with Gasteiger partial charge in [0.15, 0.2) is 5.78 Å². The molecule has 0 radical (unpaired) electrons. The monoisotopic (exact) mass is 223 g/mol. The maximum atomic E-state index is 13.3. The molecule has 0 N–H and O–H groups in total. The number of benzene rings is 1. The lowest BCUT2D eigenvalue weighted by atomic mass is 9.94. The van der Waals surface area contributed by atoms with Crippen LogP contribution in [0, 0.1) is 28.9 Å². The number of carbonyl (C=O) groups is 1. The zero-order valence-electron chi connectivity index (χ0n) is 8.84. The summed E-state index contributed by atoms with van der Waals surface area (Å²) in [6, 6.07) is 4.47. The summed E-state index contributed by atoms with van der Waals surface area (Å²) in [4.78, 5) is 11.7. The molecule has 0 saturated carbocycles. The predicted molar refractivity (Wildman–Crippen MR) is 54.7 cm³/mol. The average Bonchev–Trinajstić information content (AvgIpc) is 2.28. The molecule has 4 heteroatoms. The number of ketones is 1. The number of rotatable bonds is 4. The van der Waals surface area contributed by atoms with Gasteiger partial charge in [-0.05, 0) is 24.6 Å². The van der Waals surface area contributed by atoms with Gasteiger partial charge < -0.3 is 0 Å². The lowest BCUT2D eigenvalue weighted by Gasteiger charge is -2.07. The molecule has 0 fully saturated rings. The molecule has 0 amide bonds. The Morgan fingerprint density at radius 2 is 2.19 bits per heavy atom. The van der Waals surface area contributed by atoms with E-state index >= 15 is 0 Å². The Bertz CT molecular complexity index is 437. The summed E-state index contributed by atoms with van der Waals surface area (Å²) >= 11 is 0. The molecule has 0 aliphatic heterocycles. The Labute approximate surface area is 92.5 Å². The van der Waals surface area contributed by atoms with Crippen molar-refractivity contribution in [1.82, 2.24) is 0 Å². The fourth-order valence-electron chi connectivity index (χ4n) is 1.42. The van der Waals surface area contributed by atoms with E-state index in [4.69, 9.17) is 5.26 Å². The summed E-state index contributed by atoms with van der Waals surface area (Å²) in [6.45, 7) is 1.82. The van der Waals surface area contributed by atoms with Crippen molar-refractivity contribution < 1.29 is 13.6 Å². The molecule has 0 spiro atoms. The fourth-order valence-corrected chi connectivity index (χ4v) is 1.42. The van der Waals surface area contributed by atoms with Crippen LogP contribution in [0.25, 0.3) is 0 Å². The number of carbonyl (C=O) groups excluding carboxylic acids is 1. The first kappa shape index (κ1) is 12.3. The largest absolute Gasteiger partial charge is 0.293 e. The van der Waals surface area contributed by atoms with Gasteiger partial charge in [-0.25, -0.2) is 8.78 Å². The highest BCUT2D eigenvalue weighted by Gasteiger charge is 2.22. The Hall–Kier alpha value is -1.76. The van der Waals surface area contributed by atoms with Gasteiger partial charge in [0, 0.05) is 0 Å². The van der Waals surface area contributed by atoms with Crippen molar-refractivity contribution in [1.29, 1.82) is 5.26 Å². The Balaban J connectivity index is 3.04. The lowest BCUT2D eigenvalue weighted by Crippen LogP contribution is -2.14. The van der Waals surface area contributed by atoms with Gasteiger partial charge >= 0.3 is 0 Å². The maximum absolute atomic E-state index is 13.3. The molecule has 2 nitrogen and oxygen atoms in total. The Morgan fingerprint density at radius 3 is 2.75 bits per heavy atom. The van der Waals surface area contributed by atoms with Crippen molar-refractivity contribution in [2.45, 2.75) is 19.8 Å². The second-order valence-electron chi connectivity index (χ2n) is 3.46. The highest BCUT2D eigenvalue weighted by molar-refractivity contribution is 5.99. The van der Waals surface area contributed by atoms with Crippen LogP contribution in [-0.4, -0.2) is 5.78 Å². The van der Waals surface area contributed by atoms with Crippen LogP contribution in [0.1, 0.15) is 30.1 Å². The highest BCUT2D eigenvalue weighted by atomic mass is 19.1. The van der Waals surface area contributed by atoms with Crippen LogP contribution in [0.15, 0.2) is 18.2 Å². The van der Waals surface area contributed by atoms with Crippen LogP contribution in [0.4, 0.5) is 8.78 Å². The van der Waals surface area contributed by atoms with Crippen molar-refractivity contribution in [3.8, 4) is 6.07 Å². The van der Waals surface area contributed by atoms with Crippen LogP contribution in [0.3, 0.4) is 0 Å². The number of hydrogen-bond acceptors (Lipinski definition) is 2. The molecule has 1 aromatic carbocycles. The molecule has 16 heavy (non-hydrogen) atoms.